The Kier molecular flexibility index (Phi) is 6.52. The van der Waals surface area contributed by atoms with Gasteiger partial charge in [-0.3, -0.25) is 0 Å². The fraction of sp³-hybridized carbons (Fsp3) is 0.474. The van der Waals surface area contributed by atoms with Crippen LogP contribution < -0.4 is 14.5 Å². The van der Waals surface area contributed by atoms with Crippen molar-refractivity contribution >= 4 is 27.0 Å². The highest BCUT2D eigenvalue weighted by atomic mass is 32.2. The summed E-state index contributed by atoms with van der Waals surface area (Å²) in [6.45, 7) is 7.13. The molecular formula is C19H27FN3O2S2+. The van der Waals surface area contributed by atoms with E-state index in [1.165, 1.54) is 21.9 Å². The van der Waals surface area contributed by atoms with Gasteiger partial charge in [-0.1, -0.05) is 6.07 Å². The van der Waals surface area contributed by atoms with E-state index in [9.17, 15) is 12.8 Å². The zero-order chi connectivity index (χ0) is 19.4. The Labute approximate surface area is 164 Å². The minimum absolute atomic E-state index is 0.0849. The van der Waals surface area contributed by atoms with E-state index in [1.54, 1.807) is 18.3 Å². The minimum atomic E-state index is -3.26. The van der Waals surface area contributed by atoms with E-state index < -0.39 is 10.0 Å². The number of benzene rings is 1. The van der Waals surface area contributed by atoms with Crippen molar-refractivity contribution in [3.63, 3.8) is 0 Å². The van der Waals surface area contributed by atoms with Crippen molar-refractivity contribution in [2.24, 2.45) is 0 Å². The number of halogens is 1. The third-order valence-electron chi connectivity index (χ3n) is 5.13. The van der Waals surface area contributed by atoms with Crippen LogP contribution in [0.4, 0.5) is 10.1 Å². The monoisotopic (exact) mass is 412 g/mol. The lowest BCUT2D eigenvalue weighted by molar-refractivity contribution is -0.933. The molecule has 2 atom stereocenters. The summed E-state index contributed by atoms with van der Waals surface area (Å²) in [6, 6.07) is 10.6. The largest absolute Gasteiger partial charge is 0.360 e. The van der Waals surface area contributed by atoms with E-state index in [0.29, 0.717) is 0 Å². The third kappa shape index (κ3) is 5.07. The van der Waals surface area contributed by atoms with Gasteiger partial charge in [-0.2, -0.15) is 0 Å². The summed E-state index contributed by atoms with van der Waals surface area (Å²) < 4.78 is 40.1. The van der Waals surface area contributed by atoms with Gasteiger partial charge in [-0.05, 0) is 49.6 Å². The van der Waals surface area contributed by atoms with Gasteiger partial charge in [0.05, 0.1) is 42.9 Å². The topological polar surface area (TPSA) is 53.9 Å². The summed E-state index contributed by atoms with van der Waals surface area (Å²) in [7, 11) is -3.26. The minimum Gasteiger partial charge on any atom is -0.360 e. The Morgan fingerprint density at radius 1 is 1.22 bits per heavy atom. The molecule has 0 spiro atoms. The van der Waals surface area contributed by atoms with E-state index in [0.717, 1.165) is 31.9 Å². The number of hydrogen-bond acceptors (Lipinski definition) is 4. The second-order valence-corrected chi connectivity index (χ2v) is 9.95. The van der Waals surface area contributed by atoms with E-state index in [1.807, 2.05) is 30.5 Å². The Bertz CT molecular complexity index is 817. The van der Waals surface area contributed by atoms with Crippen LogP contribution in [0, 0.1) is 5.82 Å². The van der Waals surface area contributed by atoms with Crippen LogP contribution in [0.1, 0.15) is 24.8 Å². The third-order valence-corrected chi connectivity index (χ3v) is 7.58. The summed E-state index contributed by atoms with van der Waals surface area (Å²) >= 11 is 1.67. The summed E-state index contributed by atoms with van der Waals surface area (Å²) in [5, 5.41) is 2.04. The molecular weight excluding hydrogens is 385 g/mol. The van der Waals surface area contributed by atoms with Gasteiger partial charge in [0.1, 0.15) is 11.9 Å². The quantitative estimate of drug-likeness (QED) is 0.727. The normalized spacial score (nSPS) is 18.4. The van der Waals surface area contributed by atoms with Gasteiger partial charge < -0.3 is 9.80 Å². The van der Waals surface area contributed by atoms with Gasteiger partial charge in [0, 0.05) is 5.69 Å². The van der Waals surface area contributed by atoms with Gasteiger partial charge in [0.25, 0.3) is 0 Å². The number of nitrogens with one attached hydrogen (secondary N) is 2. The molecule has 3 rings (SSSR count). The number of thiophene rings is 1. The molecule has 1 aliphatic rings. The van der Waals surface area contributed by atoms with Crippen LogP contribution in [0.15, 0.2) is 41.8 Å². The predicted octanol–water partition coefficient (Wildman–Crippen LogP) is 1.66. The molecule has 1 fully saturated rings. The Morgan fingerprint density at radius 2 is 1.89 bits per heavy atom. The van der Waals surface area contributed by atoms with Crippen LogP contribution in [0.5, 0.6) is 0 Å². The van der Waals surface area contributed by atoms with E-state index in [-0.39, 0.29) is 23.7 Å². The van der Waals surface area contributed by atoms with Crippen molar-refractivity contribution in [3.8, 4) is 0 Å². The van der Waals surface area contributed by atoms with E-state index in [4.69, 9.17) is 0 Å². The van der Waals surface area contributed by atoms with Crippen LogP contribution >= 0.6 is 11.3 Å². The number of hydrogen-bond donors (Lipinski definition) is 2. The number of rotatable bonds is 7. The van der Waals surface area contributed by atoms with Crippen molar-refractivity contribution in [1.29, 1.82) is 0 Å². The second-order valence-electron chi connectivity index (χ2n) is 6.92. The summed E-state index contributed by atoms with van der Waals surface area (Å²) in [4.78, 5) is 4.84. The molecule has 1 aromatic carbocycles. The molecule has 2 N–H and O–H groups in total. The molecule has 1 saturated heterocycles. The van der Waals surface area contributed by atoms with Crippen molar-refractivity contribution in [2.45, 2.75) is 25.9 Å². The highest BCUT2D eigenvalue weighted by molar-refractivity contribution is 7.89. The molecule has 1 aliphatic heterocycles. The van der Waals surface area contributed by atoms with Crippen molar-refractivity contribution in [3.05, 3.63) is 52.5 Å². The van der Waals surface area contributed by atoms with Crippen LogP contribution in [0.2, 0.25) is 0 Å². The molecule has 2 heterocycles. The van der Waals surface area contributed by atoms with Crippen molar-refractivity contribution < 1.29 is 17.7 Å². The highest BCUT2D eigenvalue weighted by Gasteiger charge is 2.35. The number of anilines is 1. The SMILES string of the molecule is CCS(=O)(=O)N[C@H](C)[C@H](c1cccs1)[NH+]1CCN(c2ccc(F)cc2)CC1. The smallest absolute Gasteiger partial charge is 0.211 e. The van der Waals surface area contributed by atoms with E-state index >= 15 is 0 Å². The molecule has 0 saturated carbocycles. The molecule has 5 nitrogen and oxygen atoms in total. The standard InChI is InChI=1S/C19H26FN3O2S2/c1-3-27(24,25)21-15(2)19(18-5-4-14-26-18)23-12-10-22(11-13-23)17-8-6-16(20)7-9-17/h4-9,14-15,19,21H,3,10-13H2,1-2H3/p+1/t15-,19-/m1/s1. The first-order valence-corrected chi connectivity index (χ1v) is 11.8. The zero-order valence-electron chi connectivity index (χ0n) is 15.7. The van der Waals surface area contributed by atoms with Crippen molar-refractivity contribution in [1.82, 2.24) is 4.72 Å². The molecule has 0 bridgehead atoms. The molecule has 2 aromatic rings. The number of nitrogens with zero attached hydrogens (tertiary/aromatic N) is 1. The van der Waals surface area contributed by atoms with Crippen LogP contribution in [-0.2, 0) is 10.0 Å². The maximum atomic E-state index is 13.2. The molecule has 148 valence electrons. The average Bonchev–Trinajstić information content (AvgIpc) is 3.17. The maximum Gasteiger partial charge on any atom is 0.211 e. The van der Waals surface area contributed by atoms with Gasteiger partial charge in [-0.25, -0.2) is 17.5 Å². The molecule has 0 amide bonds. The van der Waals surface area contributed by atoms with Gasteiger partial charge >= 0.3 is 0 Å². The molecule has 27 heavy (non-hydrogen) atoms. The number of sulfonamides is 1. The average molecular weight is 413 g/mol. The number of piperazine rings is 1. The Hall–Kier alpha value is -1.48. The van der Waals surface area contributed by atoms with Gasteiger partial charge in [0.15, 0.2) is 0 Å². The number of quaternary nitrogens is 1. The Morgan fingerprint density at radius 3 is 2.44 bits per heavy atom. The van der Waals surface area contributed by atoms with Crippen LogP contribution in [-0.4, -0.2) is 46.4 Å². The van der Waals surface area contributed by atoms with Gasteiger partial charge in [0.2, 0.25) is 10.0 Å². The van der Waals surface area contributed by atoms with Crippen LogP contribution in [0.3, 0.4) is 0 Å². The zero-order valence-corrected chi connectivity index (χ0v) is 17.3. The van der Waals surface area contributed by atoms with Crippen LogP contribution in [0.25, 0.3) is 0 Å². The second kappa shape index (κ2) is 8.68. The lowest BCUT2D eigenvalue weighted by atomic mass is 10.1. The Balaban J connectivity index is 1.72. The first-order valence-electron chi connectivity index (χ1n) is 9.28. The highest BCUT2D eigenvalue weighted by Crippen LogP contribution is 2.21. The first kappa shape index (κ1) is 20.3. The maximum absolute atomic E-state index is 13.2. The molecule has 8 heteroatoms. The van der Waals surface area contributed by atoms with Crippen molar-refractivity contribution in [2.75, 3.05) is 36.8 Å². The van der Waals surface area contributed by atoms with E-state index in [2.05, 4.69) is 15.7 Å². The fourth-order valence-electron chi connectivity index (χ4n) is 3.72. The molecule has 0 unspecified atom stereocenters. The predicted molar refractivity (Wildman–Crippen MR) is 108 cm³/mol. The fourth-order valence-corrected chi connectivity index (χ4v) is 5.58. The lowest BCUT2D eigenvalue weighted by Crippen LogP contribution is -3.16. The molecule has 1 aromatic heterocycles. The molecule has 0 aliphatic carbocycles. The summed E-state index contributed by atoms with van der Waals surface area (Å²) in [5.74, 6) is -0.139. The summed E-state index contributed by atoms with van der Waals surface area (Å²) in [5.41, 5.74) is 1.03. The molecule has 0 radical (unpaired) electrons. The van der Waals surface area contributed by atoms with Gasteiger partial charge in [-0.15, -0.1) is 11.3 Å². The summed E-state index contributed by atoms with van der Waals surface area (Å²) in [6.07, 6.45) is 0. The first-order chi connectivity index (χ1) is 12.9. The lowest BCUT2D eigenvalue weighted by Gasteiger charge is -2.39.